The van der Waals surface area contributed by atoms with Gasteiger partial charge in [-0.15, -0.1) is 0 Å². The lowest BCUT2D eigenvalue weighted by atomic mass is 10.0. The van der Waals surface area contributed by atoms with Gasteiger partial charge < -0.3 is 0 Å². The van der Waals surface area contributed by atoms with Gasteiger partial charge in [-0.2, -0.15) is 0 Å². The van der Waals surface area contributed by atoms with E-state index >= 15 is 0 Å². The van der Waals surface area contributed by atoms with E-state index < -0.39 is 0 Å². The number of rotatable bonds is 2. The smallest absolute Gasteiger partial charge is 0.165 e. The summed E-state index contributed by atoms with van der Waals surface area (Å²) < 4.78 is 1.84. The second kappa shape index (κ2) is 4.38. The zero-order valence-electron chi connectivity index (χ0n) is 7.47. The Hall–Kier alpha value is -0.150. The Kier molecular flexibility index (Phi) is 3.68. The van der Waals surface area contributed by atoms with Gasteiger partial charge in [-0.1, -0.05) is 45.7 Å². The maximum atomic E-state index is 11.6. The van der Waals surface area contributed by atoms with Crippen LogP contribution in [0.1, 0.15) is 24.2 Å². The molecule has 0 aromatic heterocycles. The molecule has 0 radical (unpaired) electrons. The summed E-state index contributed by atoms with van der Waals surface area (Å²) in [6.45, 7) is 3.80. The Morgan fingerprint density at radius 1 is 1.15 bits per heavy atom. The van der Waals surface area contributed by atoms with Crippen LogP contribution in [0.4, 0.5) is 0 Å². The largest absolute Gasteiger partial charge is 0.294 e. The minimum atomic E-state index is 0.0428. The van der Waals surface area contributed by atoms with Crippen LogP contribution in [0.5, 0.6) is 0 Å². The normalized spacial score (nSPS) is 10.5. The van der Waals surface area contributed by atoms with Crippen LogP contribution in [-0.4, -0.2) is 5.78 Å². The van der Waals surface area contributed by atoms with Crippen LogP contribution in [0, 0.1) is 5.92 Å². The fourth-order valence-electron chi connectivity index (χ4n) is 1.03. The van der Waals surface area contributed by atoms with Crippen molar-refractivity contribution in [2.45, 2.75) is 13.8 Å². The summed E-state index contributed by atoms with van der Waals surface area (Å²) in [6, 6.07) is 5.59. The van der Waals surface area contributed by atoms with Crippen LogP contribution in [-0.2, 0) is 0 Å². The Morgan fingerprint density at radius 2 is 1.62 bits per heavy atom. The number of halogens is 2. The second-order valence-electron chi connectivity index (χ2n) is 3.18. The summed E-state index contributed by atoms with van der Waals surface area (Å²) in [6.07, 6.45) is 0. The average molecular weight is 306 g/mol. The number of carbonyl (C=O) groups is 1. The molecular weight excluding hydrogens is 296 g/mol. The topological polar surface area (TPSA) is 17.1 Å². The van der Waals surface area contributed by atoms with Crippen LogP contribution in [0.25, 0.3) is 0 Å². The van der Waals surface area contributed by atoms with Crippen molar-refractivity contribution < 1.29 is 4.79 Å². The summed E-state index contributed by atoms with van der Waals surface area (Å²) in [5.74, 6) is 0.211. The first-order valence-electron chi connectivity index (χ1n) is 4.01. The van der Waals surface area contributed by atoms with Crippen molar-refractivity contribution in [1.29, 1.82) is 0 Å². The van der Waals surface area contributed by atoms with Crippen molar-refractivity contribution >= 4 is 37.6 Å². The number of hydrogen-bond acceptors (Lipinski definition) is 1. The number of hydrogen-bond donors (Lipinski definition) is 0. The quantitative estimate of drug-likeness (QED) is 0.753. The lowest BCUT2D eigenvalue weighted by Gasteiger charge is -2.05. The maximum Gasteiger partial charge on any atom is 0.165 e. The van der Waals surface area contributed by atoms with E-state index in [4.69, 9.17) is 0 Å². The van der Waals surface area contributed by atoms with E-state index in [9.17, 15) is 4.79 Å². The van der Waals surface area contributed by atoms with Crippen molar-refractivity contribution in [2.75, 3.05) is 0 Å². The van der Waals surface area contributed by atoms with E-state index in [0.29, 0.717) is 0 Å². The molecule has 70 valence electrons. The maximum absolute atomic E-state index is 11.6. The lowest BCUT2D eigenvalue weighted by Crippen LogP contribution is -2.07. The van der Waals surface area contributed by atoms with Gasteiger partial charge in [0.1, 0.15) is 0 Å². The molecule has 13 heavy (non-hydrogen) atoms. The number of benzene rings is 1. The third kappa shape index (κ3) is 2.92. The van der Waals surface area contributed by atoms with E-state index in [1.54, 1.807) is 0 Å². The molecule has 0 aliphatic heterocycles. The van der Waals surface area contributed by atoms with Crippen LogP contribution >= 0.6 is 31.9 Å². The van der Waals surface area contributed by atoms with E-state index in [-0.39, 0.29) is 11.7 Å². The molecule has 0 aliphatic carbocycles. The zero-order valence-corrected chi connectivity index (χ0v) is 10.6. The monoisotopic (exact) mass is 304 g/mol. The van der Waals surface area contributed by atoms with E-state index in [0.717, 1.165) is 14.5 Å². The molecule has 0 fully saturated rings. The van der Waals surface area contributed by atoms with Crippen molar-refractivity contribution in [2.24, 2.45) is 5.92 Å². The molecule has 0 bridgehead atoms. The molecule has 0 saturated carbocycles. The molecule has 0 heterocycles. The van der Waals surface area contributed by atoms with Crippen molar-refractivity contribution in [3.63, 3.8) is 0 Å². The van der Waals surface area contributed by atoms with Crippen LogP contribution in [0.15, 0.2) is 27.1 Å². The van der Waals surface area contributed by atoms with Crippen molar-refractivity contribution in [3.05, 3.63) is 32.7 Å². The number of ketones is 1. The minimum Gasteiger partial charge on any atom is -0.294 e. The summed E-state index contributed by atoms with van der Waals surface area (Å²) in [5.41, 5.74) is 0.747. The molecule has 1 aromatic rings. The summed E-state index contributed by atoms with van der Waals surface area (Å²) >= 11 is 6.70. The van der Waals surface area contributed by atoms with Crippen LogP contribution < -0.4 is 0 Å². The Labute approximate surface area is 94.8 Å². The van der Waals surface area contributed by atoms with Gasteiger partial charge in [0.15, 0.2) is 5.78 Å². The first kappa shape index (κ1) is 10.9. The van der Waals surface area contributed by atoms with Gasteiger partial charge in [0.25, 0.3) is 0 Å². The third-order valence-corrected chi connectivity index (χ3v) is 2.59. The second-order valence-corrected chi connectivity index (χ2v) is 5.01. The summed E-state index contributed by atoms with van der Waals surface area (Å²) in [4.78, 5) is 11.6. The molecule has 1 rings (SSSR count). The number of carbonyl (C=O) groups excluding carboxylic acids is 1. The highest BCUT2D eigenvalue weighted by molar-refractivity contribution is 9.11. The van der Waals surface area contributed by atoms with E-state index in [2.05, 4.69) is 31.9 Å². The van der Waals surface area contributed by atoms with Gasteiger partial charge >= 0.3 is 0 Å². The van der Waals surface area contributed by atoms with Gasteiger partial charge in [-0.3, -0.25) is 4.79 Å². The van der Waals surface area contributed by atoms with Gasteiger partial charge in [-0.05, 0) is 18.2 Å². The van der Waals surface area contributed by atoms with Gasteiger partial charge in [0, 0.05) is 20.4 Å². The first-order chi connectivity index (χ1) is 6.00. The molecule has 1 nitrogen and oxygen atoms in total. The number of Topliss-reactive ketones (excluding diaryl/α,β-unsaturated/α-hetero) is 1. The van der Waals surface area contributed by atoms with E-state index in [1.807, 2.05) is 32.0 Å². The van der Waals surface area contributed by atoms with Gasteiger partial charge in [0.05, 0.1) is 0 Å². The Bertz CT molecular complexity index is 311. The Morgan fingerprint density at radius 3 is 2.00 bits per heavy atom. The first-order valence-corrected chi connectivity index (χ1v) is 5.59. The summed E-state index contributed by atoms with van der Waals surface area (Å²) in [7, 11) is 0. The highest BCUT2D eigenvalue weighted by Crippen LogP contribution is 2.21. The molecule has 0 amide bonds. The fourth-order valence-corrected chi connectivity index (χ4v) is 2.32. The molecule has 3 heteroatoms. The Balaban J connectivity index is 3.08. The standard InChI is InChI=1S/C10H10Br2O/c1-6(2)10(13)7-3-8(11)5-9(12)4-7/h3-6H,1-2H3. The van der Waals surface area contributed by atoms with Crippen molar-refractivity contribution in [3.8, 4) is 0 Å². The van der Waals surface area contributed by atoms with Crippen LogP contribution in [0.2, 0.25) is 0 Å². The predicted octanol–water partition coefficient (Wildman–Crippen LogP) is 4.05. The molecule has 1 aromatic carbocycles. The SMILES string of the molecule is CC(C)C(=O)c1cc(Br)cc(Br)c1. The molecule has 0 atom stereocenters. The third-order valence-electron chi connectivity index (χ3n) is 1.67. The zero-order chi connectivity index (χ0) is 10.0. The van der Waals surface area contributed by atoms with Crippen LogP contribution in [0.3, 0.4) is 0 Å². The van der Waals surface area contributed by atoms with Crippen molar-refractivity contribution in [1.82, 2.24) is 0 Å². The minimum absolute atomic E-state index is 0.0428. The fraction of sp³-hybridized carbons (Fsp3) is 0.300. The average Bonchev–Trinajstić information content (AvgIpc) is 2.01. The molecule has 0 aliphatic rings. The molecular formula is C10H10Br2O. The van der Waals surface area contributed by atoms with E-state index in [1.165, 1.54) is 0 Å². The summed E-state index contributed by atoms with van der Waals surface area (Å²) in [5, 5.41) is 0. The lowest BCUT2D eigenvalue weighted by molar-refractivity contribution is 0.0939. The molecule has 0 N–H and O–H groups in total. The predicted molar refractivity (Wildman–Crippen MR) is 61.0 cm³/mol. The molecule has 0 unspecified atom stereocenters. The highest BCUT2D eigenvalue weighted by Gasteiger charge is 2.11. The van der Waals surface area contributed by atoms with Gasteiger partial charge in [0.2, 0.25) is 0 Å². The molecule has 0 spiro atoms. The highest BCUT2D eigenvalue weighted by atomic mass is 79.9. The molecule has 0 saturated heterocycles. The van der Waals surface area contributed by atoms with Gasteiger partial charge in [-0.25, -0.2) is 0 Å².